The zero-order chi connectivity index (χ0) is 10.8. The Bertz CT molecular complexity index is 388. The number of halogens is 1. The highest BCUT2D eigenvalue weighted by Crippen LogP contribution is 2.19. The fourth-order valence-corrected chi connectivity index (χ4v) is 2.82. The van der Waals surface area contributed by atoms with E-state index in [-0.39, 0.29) is 17.0 Å². The van der Waals surface area contributed by atoms with Gasteiger partial charge in [0.05, 0.1) is 6.54 Å². The molecule has 2 nitrogen and oxygen atoms in total. The Morgan fingerprint density at radius 2 is 2.00 bits per heavy atom. The lowest BCUT2D eigenvalue weighted by Gasteiger charge is -2.21. The van der Waals surface area contributed by atoms with Crippen LogP contribution in [0, 0.1) is 0 Å². The van der Waals surface area contributed by atoms with Crippen molar-refractivity contribution in [1.82, 2.24) is 4.90 Å². The van der Waals surface area contributed by atoms with Crippen molar-refractivity contribution in [3.63, 3.8) is 0 Å². The SMILES string of the molecule is C1=[N+](Cc2ccccc2)CC2CCCCN12.[Br-]. The summed E-state index contributed by atoms with van der Waals surface area (Å²) in [6.45, 7) is 3.54. The molecule has 2 aliphatic heterocycles. The van der Waals surface area contributed by atoms with Gasteiger partial charge >= 0.3 is 0 Å². The molecular formula is C14H19BrN2. The fraction of sp³-hybridized carbons (Fsp3) is 0.500. The van der Waals surface area contributed by atoms with Gasteiger partial charge in [-0.2, -0.15) is 0 Å². The van der Waals surface area contributed by atoms with Crippen molar-refractivity contribution in [2.75, 3.05) is 13.1 Å². The Morgan fingerprint density at radius 3 is 2.76 bits per heavy atom. The predicted molar refractivity (Wildman–Crippen MR) is 65.7 cm³/mol. The normalized spacial score (nSPS) is 22.7. The van der Waals surface area contributed by atoms with E-state index in [2.05, 4.69) is 46.1 Å². The molecule has 1 aromatic carbocycles. The summed E-state index contributed by atoms with van der Waals surface area (Å²) < 4.78 is 2.46. The van der Waals surface area contributed by atoms with Gasteiger partial charge in [-0.15, -0.1) is 0 Å². The lowest BCUT2D eigenvalue weighted by Crippen LogP contribution is -3.00. The first-order chi connectivity index (χ1) is 7.92. The van der Waals surface area contributed by atoms with E-state index in [4.69, 9.17) is 0 Å². The number of rotatable bonds is 2. The lowest BCUT2D eigenvalue weighted by atomic mass is 10.0. The Balaban J connectivity index is 0.00000108. The molecular weight excluding hydrogens is 276 g/mol. The van der Waals surface area contributed by atoms with E-state index >= 15 is 0 Å². The molecule has 1 unspecified atom stereocenters. The molecule has 1 aromatic rings. The highest BCUT2D eigenvalue weighted by atomic mass is 79.9. The Kier molecular flexibility index (Phi) is 4.21. The molecule has 2 aliphatic rings. The van der Waals surface area contributed by atoms with Gasteiger partial charge in [0.15, 0.2) is 0 Å². The quantitative estimate of drug-likeness (QED) is 0.641. The second kappa shape index (κ2) is 5.67. The number of benzene rings is 1. The van der Waals surface area contributed by atoms with Crippen molar-refractivity contribution in [3.05, 3.63) is 35.9 Å². The molecule has 0 aromatic heterocycles. The van der Waals surface area contributed by atoms with E-state index in [1.807, 2.05) is 0 Å². The molecule has 3 heteroatoms. The standard InChI is InChI=1S/C14H19N2.BrH/c1-2-6-13(7-3-1)10-15-11-14-8-4-5-9-16(14)12-15;/h1-3,6-7,12,14H,4-5,8-11H2;1H/q+1;/p-1. The van der Waals surface area contributed by atoms with Crippen LogP contribution < -0.4 is 17.0 Å². The summed E-state index contributed by atoms with van der Waals surface area (Å²) in [4.78, 5) is 2.53. The number of hydrogen-bond acceptors (Lipinski definition) is 1. The molecule has 1 saturated heterocycles. The summed E-state index contributed by atoms with van der Waals surface area (Å²) in [5, 5.41) is 0. The minimum atomic E-state index is 0. The third-order valence-electron chi connectivity index (χ3n) is 3.66. The van der Waals surface area contributed by atoms with Gasteiger partial charge in [0.25, 0.3) is 0 Å². The minimum absolute atomic E-state index is 0. The van der Waals surface area contributed by atoms with Crippen molar-refractivity contribution in [1.29, 1.82) is 0 Å². The van der Waals surface area contributed by atoms with Gasteiger partial charge in [-0.3, -0.25) is 9.48 Å². The lowest BCUT2D eigenvalue weighted by molar-refractivity contribution is -0.533. The zero-order valence-electron chi connectivity index (χ0n) is 10.1. The molecule has 2 heterocycles. The third kappa shape index (κ3) is 2.89. The van der Waals surface area contributed by atoms with Crippen LogP contribution in [0.5, 0.6) is 0 Å². The first-order valence-electron chi connectivity index (χ1n) is 6.30. The molecule has 1 atom stereocenters. The molecule has 0 saturated carbocycles. The number of fused-ring (bicyclic) bond motifs is 1. The van der Waals surface area contributed by atoms with Crippen molar-refractivity contribution >= 4 is 6.34 Å². The van der Waals surface area contributed by atoms with E-state index in [1.165, 1.54) is 37.9 Å². The van der Waals surface area contributed by atoms with Crippen LogP contribution >= 0.6 is 0 Å². The highest BCUT2D eigenvalue weighted by Gasteiger charge is 2.33. The summed E-state index contributed by atoms with van der Waals surface area (Å²) in [5.74, 6) is 0. The molecule has 3 rings (SSSR count). The third-order valence-corrected chi connectivity index (χ3v) is 3.66. The first-order valence-corrected chi connectivity index (χ1v) is 6.30. The Hall–Kier alpha value is -0.830. The average molecular weight is 295 g/mol. The minimum Gasteiger partial charge on any atom is -1.00 e. The van der Waals surface area contributed by atoms with E-state index < -0.39 is 0 Å². The summed E-state index contributed by atoms with van der Waals surface area (Å²) in [7, 11) is 0. The van der Waals surface area contributed by atoms with Crippen molar-refractivity contribution in [3.8, 4) is 0 Å². The average Bonchev–Trinajstić information content (AvgIpc) is 2.72. The van der Waals surface area contributed by atoms with E-state index in [9.17, 15) is 0 Å². The Morgan fingerprint density at radius 1 is 1.18 bits per heavy atom. The molecule has 0 bridgehead atoms. The van der Waals surface area contributed by atoms with Gasteiger partial charge in [0, 0.05) is 0 Å². The maximum atomic E-state index is 2.53. The first kappa shape index (κ1) is 12.6. The van der Waals surface area contributed by atoms with E-state index in [0.717, 1.165) is 12.6 Å². The Labute approximate surface area is 114 Å². The molecule has 1 fully saturated rings. The largest absolute Gasteiger partial charge is 1.00 e. The molecule has 17 heavy (non-hydrogen) atoms. The summed E-state index contributed by atoms with van der Waals surface area (Å²) in [6, 6.07) is 11.5. The van der Waals surface area contributed by atoms with Gasteiger partial charge in [-0.05, 0) is 24.8 Å². The van der Waals surface area contributed by atoms with Crippen LogP contribution in [-0.4, -0.2) is 34.9 Å². The van der Waals surface area contributed by atoms with E-state index in [0.29, 0.717) is 0 Å². The topological polar surface area (TPSA) is 6.25 Å². The molecule has 0 amide bonds. The maximum absolute atomic E-state index is 2.53. The predicted octanol–water partition coefficient (Wildman–Crippen LogP) is -0.900. The second-order valence-corrected chi connectivity index (χ2v) is 4.92. The summed E-state index contributed by atoms with van der Waals surface area (Å²) >= 11 is 0. The monoisotopic (exact) mass is 294 g/mol. The van der Waals surface area contributed by atoms with Gasteiger partial charge < -0.3 is 17.0 Å². The van der Waals surface area contributed by atoms with Crippen LogP contribution in [0.1, 0.15) is 24.8 Å². The molecule has 0 spiro atoms. The number of nitrogens with zero attached hydrogens (tertiary/aromatic N) is 2. The second-order valence-electron chi connectivity index (χ2n) is 4.92. The van der Waals surface area contributed by atoms with Crippen LogP contribution in [0.4, 0.5) is 0 Å². The summed E-state index contributed by atoms with van der Waals surface area (Å²) in [6.07, 6.45) is 6.50. The number of hydrogen-bond donors (Lipinski definition) is 0. The van der Waals surface area contributed by atoms with Crippen LogP contribution in [0.3, 0.4) is 0 Å². The maximum Gasteiger partial charge on any atom is 0.234 e. The number of piperidine rings is 1. The molecule has 0 aliphatic carbocycles. The van der Waals surface area contributed by atoms with Gasteiger partial charge in [-0.25, -0.2) is 0 Å². The van der Waals surface area contributed by atoms with Crippen molar-refractivity contribution in [2.45, 2.75) is 31.8 Å². The fourth-order valence-electron chi connectivity index (χ4n) is 2.82. The van der Waals surface area contributed by atoms with Crippen LogP contribution in [-0.2, 0) is 6.54 Å². The van der Waals surface area contributed by atoms with Crippen molar-refractivity contribution < 1.29 is 21.6 Å². The highest BCUT2D eigenvalue weighted by molar-refractivity contribution is 5.51. The smallest absolute Gasteiger partial charge is 0.234 e. The van der Waals surface area contributed by atoms with Crippen LogP contribution in [0.2, 0.25) is 0 Å². The van der Waals surface area contributed by atoms with Gasteiger partial charge in [0.2, 0.25) is 6.34 Å². The summed E-state index contributed by atoms with van der Waals surface area (Å²) in [5.41, 5.74) is 1.42. The van der Waals surface area contributed by atoms with Crippen LogP contribution in [0.25, 0.3) is 0 Å². The molecule has 0 radical (unpaired) electrons. The molecule has 0 N–H and O–H groups in total. The van der Waals surface area contributed by atoms with Gasteiger partial charge in [-0.1, -0.05) is 30.3 Å². The zero-order valence-corrected chi connectivity index (χ0v) is 11.6. The van der Waals surface area contributed by atoms with E-state index in [1.54, 1.807) is 0 Å². The van der Waals surface area contributed by atoms with Gasteiger partial charge in [0.1, 0.15) is 19.1 Å². The molecule has 92 valence electrons. The van der Waals surface area contributed by atoms with Crippen molar-refractivity contribution in [2.24, 2.45) is 0 Å². The van der Waals surface area contributed by atoms with Crippen LogP contribution in [0.15, 0.2) is 30.3 Å².